The third-order valence-corrected chi connectivity index (χ3v) is 4.17. The van der Waals surface area contributed by atoms with Gasteiger partial charge in [-0.1, -0.05) is 29.9 Å². The quantitative estimate of drug-likeness (QED) is 0.777. The largest absolute Gasteiger partial charge is 0.356 e. The van der Waals surface area contributed by atoms with Gasteiger partial charge < -0.3 is 5.32 Å². The lowest BCUT2D eigenvalue weighted by Gasteiger charge is -2.10. The van der Waals surface area contributed by atoms with Gasteiger partial charge in [-0.25, -0.2) is 4.39 Å². The number of aromatic nitrogens is 3. The summed E-state index contributed by atoms with van der Waals surface area (Å²) in [6.45, 7) is 5.55. The van der Waals surface area contributed by atoms with E-state index in [2.05, 4.69) is 22.1 Å². The Labute approximate surface area is 142 Å². The van der Waals surface area contributed by atoms with Crippen LogP contribution in [-0.2, 0) is 11.2 Å². The number of hydrogen-bond acceptors (Lipinski definition) is 4. The number of nitrogens with one attached hydrogen (secondary N) is 1. The van der Waals surface area contributed by atoms with Crippen LogP contribution < -0.4 is 5.32 Å². The summed E-state index contributed by atoms with van der Waals surface area (Å²) >= 11 is 7.19. The van der Waals surface area contributed by atoms with E-state index in [4.69, 9.17) is 11.6 Å². The fraction of sp³-hybridized carbons (Fsp3) is 0.267. The highest BCUT2D eigenvalue weighted by Crippen LogP contribution is 2.24. The predicted octanol–water partition coefficient (Wildman–Crippen LogP) is 2.93. The molecule has 0 spiro atoms. The van der Waals surface area contributed by atoms with Crippen molar-refractivity contribution in [1.29, 1.82) is 0 Å². The first-order valence-corrected chi connectivity index (χ1v) is 8.24. The minimum absolute atomic E-state index is 0.106. The van der Waals surface area contributed by atoms with Crippen LogP contribution in [0.15, 0.2) is 41.0 Å². The summed E-state index contributed by atoms with van der Waals surface area (Å²) in [6, 6.07) is 6.06. The lowest BCUT2D eigenvalue weighted by Crippen LogP contribution is -2.23. The number of carbonyl (C=O) groups excluding carboxylic acids is 1. The predicted molar refractivity (Wildman–Crippen MR) is 89.4 cm³/mol. The molecule has 2 rings (SSSR count). The van der Waals surface area contributed by atoms with E-state index < -0.39 is 0 Å². The van der Waals surface area contributed by atoms with Gasteiger partial charge in [0.1, 0.15) is 11.6 Å². The molecule has 1 aromatic heterocycles. The molecule has 0 bridgehead atoms. The SMILES string of the molecule is C=C(Cl)CSc1nnc(CCNC(C)=O)n1-c1ccc(F)cc1. The van der Waals surface area contributed by atoms with Crippen LogP contribution in [0.2, 0.25) is 0 Å². The van der Waals surface area contributed by atoms with Crippen molar-refractivity contribution in [3.05, 3.63) is 47.5 Å². The summed E-state index contributed by atoms with van der Waals surface area (Å²) in [5.74, 6) is 0.746. The molecule has 2 aromatic rings. The van der Waals surface area contributed by atoms with E-state index in [9.17, 15) is 9.18 Å². The van der Waals surface area contributed by atoms with E-state index in [1.807, 2.05) is 4.57 Å². The summed E-state index contributed by atoms with van der Waals surface area (Å²) in [6.07, 6.45) is 0.506. The van der Waals surface area contributed by atoms with E-state index in [1.165, 1.54) is 30.8 Å². The Kier molecular flexibility index (Phi) is 6.18. The van der Waals surface area contributed by atoms with Gasteiger partial charge in [-0.3, -0.25) is 9.36 Å². The van der Waals surface area contributed by atoms with E-state index in [0.717, 1.165) is 5.69 Å². The van der Waals surface area contributed by atoms with Crippen molar-refractivity contribution >= 4 is 29.3 Å². The minimum Gasteiger partial charge on any atom is -0.356 e. The van der Waals surface area contributed by atoms with E-state index in [-0.39, 0.29) is 11.7 Å². The van der Waals surface area contributed by atoms with Crippen LogP contribution in [0.3, 0.4) is 0 Å². The zero-order chi connectivity index (χ0) is 16.8. The van der Waals surface area contributed by atoms with Gasteiger partial charge in [0, 0.05) is 36.4 Å². The molecule has 1 amide bonds. The van der Waals surface area contributed by atoms with Gasteiger partial charge in [-0.15, -0.1) is 10.2 Å². The van der Waals surface area contributed by atoms with Crippen molar-refractivity contribution in [1.82, 2.24) is 20.1 Å². The van der Waals surface area contributed by atoms with Crippen LogP contribution in [-0.4, -0.2) is 33.0 Å². The maximum Gasteiger partial charge on any atom is 0.216 e. The summed E-state index contributed by atoms with van der Waals surface area (Å²) < 4.78 is 15.0. The molecule has 0 aliphatic heterocycles. The third kappa shape index (κ3) is 5.07. The number of carbonyl (C=O) groups is 1. The van der Waals surface area contributed by atoms with Crippen LogP contribution in [0, 0.1) is 5.82 Å². The van der Waals surface area contributed by atoms with E-state index in [1.54, 1.807) is 12.1 Å². The van der Waals surface area contributed by atoms with Gasteiger partial charge in [0.2, 0.25) is 5.91 Å². The van der Waals surface area contributed by atoms with Crippen molar-refractivity contribution in [2.75, 3.05) is 12.3 Å². The molecule has 5 nitrogen and oxygen atoms in total. The molecule has 8 heteroatoms. The molecule has 0 radical (unpaired) electrons. The molecule has 1 N–H and O–H groups in total. The number of thioether (sulfide) groups is 1. The molecule has 0 aliphatic rings. The number of nitrogens with zero attached hydrogens (tertiary/aromatic N) is 3. The monoisotopic (exact) mass is 354 g/mol. The fourth-order valence-corrected chi connectivity index (χ4v) is 2.79. The zero-order valence-electron chi connectivity index (χ0n) is 12.6. The van der Waals surface area contributed by atoms with Crippen LogP contribution in [0.25, 0.3) is 5.69 Å². The first-order chi connectivity index (χ1) is 11.0. The minimum atomic E-state index is -0.315. The summed E-state index contributed by atoms with van der Waals surface area (Å²) in [7, 11) is 0. The standard InChI is InChI=1S/C15H16ClFN4OS/c1-10(16)9-23-15-20-19-14(7-8-18-11(2)22)21(15)13-5-3-12(17)4-6-13/h3-6H,1,7-9H2,2H3,(H,18,22). The van der Waals surface area contributed by atoms with E-state index >= 15 is 0 Å². The highest BCUT2D eigenvalue weighted by molar-refractivity contribution is 7.99. The number of hydrogen-bond donors (Lipinski definition) is 1. The molecule has 0 fully saturated rings. The zero-order valence-corrected chi connectivity index (χ0v) is 14.1. The lowest BCUT2D eigenvalue weighted by molar-refractivity contribution is -0.118. The third-order valence-electron chi connectivity index (χ3n) is 2.87. The average molecular weight is 355 g/mol. The van der Waals surface area contributed by atoms with Crippen molar-refractivity contribution in [3.63, 3.8) is 0 Å². The average Bonchev–Trinajstić information content (AvgIpc) is 2.88. The first-order valence-electron chi connectivity index (χ1n) is 6.88. The molecular weight excluding hydrogens is 339 g/mol. The number of halogens is 2. The first kappa shape index (κ1) is 17.5. The fourth-order valence-electron chi connectivity index (χ4n) is 1.90. The van der Waals surface area contributed by atoms with Crippen LogP contribution in [0.1, 0.15) is 12.7 Å². The Morgan fingerprint density at radius 3 is 2.70 bits per heavy atom. The molecule has 23 heavy (non-hydrogen) atoms. The Balaban J connectivity index is 2.28. The number of benzene rings is 1. The molecule has 122 valence electrons. The summed E-state index contributed by atoms with van der Waals surface area (Å²) in [5.41, 5.74) is 0.747. The van der Waals surface area contributed by atoms with Gasteiger partial charge in [-0.2, -0.15) is 0 Å². The summed E-state index contributed by atoms with van der Waals surface area (Å²) in [5, 5.41) is 12.2. The lowest BCUT2D eigenvalue weighted by atomic mass is 10.3. The Bertz CT molecular complexity index is 702. The van der Waals surface area contributed by atoms with Crippen molar-refractivity contribution in [3.8, 4) is 5.69 Å². The van der Waals surface area contributed by atoms with Gasteiger partial charge in [0.15, 0.2) is 5.16 Å². The molecular formula is C15H16ClFN4OS. The Hall–Kier alpha value is -1.86. The van der Waals surface area contributed by atoms with Gasteiger partial charge in [0.05, 0.1) is 0 Å². The maximum absolute atomic E-state index is 13.2. The number of rotatable bonds is 7. The van der Waals surface area contributed by atoms with Gasteiger partial charge in [0.25, 0.3) is 0 Å². The molecule has 0 atom stereocenters. The topological polar surface area (TPSA) is 59.8 Å². The van der Waals surface area contributed by atoms with Crippen molar-refractivity contribution < 1.29 is 9.18 Å². The smallest absolute Gasteiger partial charge is 0.216 e. The Morgan fingerprint density at radius 2 is 2.09 bits per heavy atom. The second-order valence-corrected chi connectivity index (χ2v) is 6.23. The van der Waals surface area contributed by atoms with Crippen molar-refractivity contribution in [2.45, 2.75) is 18.5 Å². The number of amides is 1. The summed E-state index contributed by atoms with van der Waals surface area (Å²) in [4.78, 5) is 11.0. The van der Waals surface area contributed by atoms with Gasteiger partial charge >= 0.3 is 0 Å². The normalized spacial score (nSPS) is 10.6. The molecule has 0 saturated heterocycles. The molecule has 1 aromatic carbocycles. The maximum atomic E-state index is 13.2. The van der Waals surface area contributed by atoms with Crippen molar-refractivity contribution in [2.24, 2.45) is 0 Å². The highest BCUT2D eigenvalue weighted by atomic mass is 35.5. The van der Waals surface area contributed by atoms with Crippen LogP contribution in [0.4, 0.5) is 4.39 Å². The second kappa shape index (κ2) is 8.12. The highest BCUT2D eigenvalue weighted by Gasteiger charge is 2.14. The van der Waals surface area contributed by atoms with Gasteiger partial charge in [-0.05, 0) is 24.3 Å². The molecule has 1 heterocycles. The van der Waals surface area contributed by atoms with Crippen LogP contribution >= 0.6 is 23.4 Å². The molecule has 0 aliphatic carbocycles. The molecule has 0 unspecified atom stereocenters. The second-order valence-electron chi connectivity index (χ2n) is 4.75. The Morgan fingerprint density at radius 1 is 1.39 bits per heavy atom. The van der Waals surface area contributed by atoms with E-state index in [0.29, 0.717) is 34.7 Å². The molecule has 0 saturated carbocycles. The van der Waals surface area contributed by atoms with Crippen LogP contribution in [0.5, 0.6) is 0 Å².